The highest BCUT2D eigenvalue weighted by Crippen LogP contribution is 2.10. The summed E-state index contributed by atoms with van der Waals surface area (Å²) in [7, 11) is 0. The van der Waals surface area contributed by atoms with E-state index in [0.29, 0.717) is 5.56 Å². The van der Waals surface area contributed by atoms with E-state index in [9.17, 15) is 4.79 Å². The number of amidine groups is 1. The Labute approximate surface area is 116 Å². The molecule has 0 fully saturated rings. The van der Waals surface area contributed by atoms with Gasteiger partial charge in [-0.25, -0.2) is 0 Å². The van der Waals surface area contributed by atoms with Gasteiger partial charge in [0.05, 0.1) is 6.54 Å². The lowest BCUT2D eigenvalue weighted by atomic mass is 10.1. The quantitative estimate of drug-likeness (QED) is 0.888. The molecule has 3 rings (SSSR count). The van der Waals surface area contributed by atoms with Crippen molar-refractivity contribution in [1.82, 2.24) is 10.3 Å². The maximum Gasteiger partial charge on any atom is 0.255 e. The number of nitrogens with zero attached hydrogens (tertiary/aromatic N) is 2. The van der Waals surface area contributed by atoms with Gasteiger partial charge < -0.3 is 10.6 Å². The summed E-state index contributed by atoms with van der Waals surface area (Å²) in [6.07, 6.45) is 3.28. The lowest BCUT2D eigenvalue weighted by Gasteiger charge is -2.06. The van der Waals surface area contributed by atoms with E-state index in [1.165, 1.54) is 0 Å². The number of nitrogens with one attached hydrogen (secondary N) is 2. The van der Waals surface area contributed by atoms with Crippen molar-refractivity contribution in [3.63, 3.8) is 0 Å². The largest absolute Gasteiger partial charge is 0.368 e. The van der Waals surface area contributed by atoms with Crippen LogP contribution in [0.25, 0.3) is 0 Å². The van der Waals surface area contributed by atoms with Gasteiger partial charge in [-0.15, -0.1) is 0 Å². The second-order valence-corrected chi connectivity index (χ2v) is 4.42. The number of amides is 1. The smallest absolute Gasteiger partial charge is 0.255 e. The first-order chi connectivity index (χ1) is 9.83. The minimum atomic E-state index is -0.135. The van der Waals surface area contributed by atoms with Crippen LogP contribution in [0.4, 0.5) is 5.69 Å². The van der Waals surface area contributed by atoms with E-state index in [4.69, 9.17) is 0 Å². The number of pyridine rings is 1. The molecule has 0 spiro atoms. The van der Waals surface area contributed by atoms with E-state index < -0.39 is 0 Å². The molecule has 20 heavy (non-hydrogen) atoms. The van der Waals surface area contributed by atoms with Crippen molar-refractivity contribution in [2.24, 2.45) is 4.99 Å². The van der Waals surface area contributed by atoms with Gasteiger partial charge in [-0.2, -0.15) is 0 Å². The van der Waals surface area contributed by atoms with Crippen LogP contribution in [0, 0.1) is 0 Å². The minimum Gasteiger partial charge on any atom is -0.368 e. The third kappa shape index (κ3) is 2.66. The van der Waals surface area contributed by atoms with Gasteiger partial charge in [0.2, 0.25) is 0 Å². The lowest BCUT2D eigenvalue weighted by molar-refractivity contribution is 0.102. The number of aliphatic imine (C=N–C) groups is 1. The van der Waals surface area contributed by atoms with Gasteiger partial charge in [0.25, 0.3) is 5.91 Å². The Morgan fingerprint density at radius 2 is 1.85 bits per heavy atom. The van der Waals surface area contributed by atoms with E-state index >= 15 is 0 Å². The molecule has 1 aliphatic rings. The molecule has 0 unspecified atom stereocenters. The first-order valence-electron chi connectivity index (χ1n) is 6.43. The zero-order chi connectivity index (χ0) is 13.8. The molecule has 0 aliphatic carbocycles. The molecule has 100 valence electrons. The second-order valence-electron chi connectivity index (χ2n) is 4.42. The SMILES string of the molecule is O=C(Nc1ccncc1)c1ccc(C2=NCCN2)cc1. The zero-order valence-corrected chi connectivity index (χ0v) is 10.8. The van der Waals surface area contributed by atoms with E-state index in [2.05, 4.69) is 20.6 Å². The van der Waals surface area contributed by atoms with Crippen molar-refractivity contribution in [2.75, 3.05) is 18.4 Å². The normalized spacial score (nSPS) is 13.5. The van der Waals surface area contributed by atoms with Gasteiger partial charge in [-0.05, 0) is 24.3 Å². The molecule has 0 atom stereocenters. The Morgan fingerprint density at radius 1 is 1.10 bits per heavy atom. The second kappa shape index (κ2) is 5.52. The number of carbonyl (C=O) groups excluding carboxylic acids is 1. The molecule has 1 aromatic carbocycles. The number of rotatable bonds is 3. The Bertz CT molecular complexity index is 635. The highest BCUT2D eigenvalue weighted by molar-refractivity contribution is 6.05. The molecule has 2 N–H and O–H groups in total. The van der Waals surface area contributed by atoms with Crippen LogP contribution in [-0.4, -0.2) is 29.8 Å². The molecule has 1 aromatic heterocycles. The van der Waals surface area contributed by atoms with Crippen LogP contribution in [0.1, 0.15) is 15.9 Å². The van der Waals surface area contributed by atoms with Crippen LogP contribution in [0.2, 0.25) is 0 Å². The van der Waals surface area contributed by atoms with Gasteiger partial charge in [-0.3, -0.25) is 14.8 Å². The molecule has 5 heteroatoms. The number of hydrogen-bond acceptors (Lipinski definition) is 4. The maximum absolute atomic E-state index is 12.1. The number of anilines is 1. The Kier molecular flexibility index (Phi) is 3.41. The molecule has 1 aliphatic heterocycles. The highest BCUT2D eigenvalue weighted by atomic mass is 16.1. The van der Waals surface area contributed by atoms with E-state index in [-0.39, 0.29) is 5.91 Å². The van der Waals surface area contributed by atoms with Gasteiger partial charge in [-0.1, -0.05) is 12.1 Å². The standard InChI is InChI=1S/C15H14N4O/c20-15(19-13-5-7-16-8-6-13)12-3-1-11(2-4-12)14-17-9-10-18-14/h1-8H,9-10H2,(H,17,18)(H,16,19,20). The molecule has 0 saturated carbocycles. The number of aromatic nitrogens is 1. The average molecular weight is 266 g/mol. The average Bonchev–Trinajstić information content (AvgIpc) is 3.03. The molecule has 5 nitrogen and oxygen atoms in total. The maximum atomic E-state index is 12.1. The molecule has 0 radical (unpaired) electrons. The topological polar surface area (TPSA) is 66.4 Å². The zero-order valence-electron chi connectivity index (χ0n) is 10.8. The summed E-state index contributed by atoms with van der Waals surface area (Å²) in [5.41, 5.74) is 2.35. The van der Waals surface area contributed by atoms with E-state index in [1.807, 2.05) is 12.1 Å². The van der Waals surface area contributed by atoms with Crippen LogP contribution in [0.15, 0.2) is 53.8 Å². The van der Waals surface area contributed by atoms with Gasteiger partial charge in [0.1, 0.15) is 5.84 Å². The third-order valence-corrected chi connectivity index (χ3v) is 3.03. The Morgan fingerprint density at radius 3 is 2.50 bits per heavy atom. The molecule has 0 saturated heterocycles. The Hall–Kier alpha value is -2.69. The summed E-state index contributed by atoms with van der Waals surface area (Å²) in [6.45, 7) is 1.68. The van der Waals surface area contributed by atoms with Crippen molar-refractivity contribution in [3.8, 4) is 0 Å². The highest BCUT2D eigenvalue weighted by Gasteiger charge is 2.10. The fourth-order valence-corrected chi connectivity index (χ4v) is 2.01. The summed E-state index contributed by atoms with van der Waals surface area (Å²) < 4.78 is 0. The minimum absolute atomic E-state index is 0.135. The van der Waals surface area contributed by atoms with Gasteiger partial charge in [0.15, 0.2) is 0 Å². The van der Waals surface area contributed by atoms with Crippen molar-refractivity contribution in [2.45, 2.75) is 0 Å². The summed E-state index contributed by atoms with van der Waals surface area (Å²) >= 11 is 0. The number of hydrogen-bond donors (Lipinski definition) is 2. The van der Waals surface area contributed by atoms with Crippen LogP contribution < -0.4 is 10.6 Å². The molecular weight excluding hydrogens is 252 g/mol. The summed E-state index contributed by atoms with van der Waals surface area (Å²) in [5.74, 6) is 0.759. The molecular formula is C15H14N4O. The molecule has 2 heterocycles. The monoisotopic (exact) mass is 266 g/mol. The van der Waals surface area contributed by atoms with Gasteiger partial charge in [0, 0.05) is 35.8 Å². The van der Waals surface area contributed by atoms with E-state index in [0.717, 1.165) is 30.2 Å². The van der Waals surface area contributed by atoms with Crippen LogP contribution in [0.5, 0.6) is 0 Å². The first-order valence-corrected chi connectivity index (χ1v) is 6.43. The van der Waals surface area contributed by atoms with Crippen molar-refractivity contribution in [1.29, 1.82) is 0 Å². The predicted molar refractivity (Wildman–Crippen MR) is 78.0 cm³/mol. The van der Waals surface area contributed by atoms with Crippen molar-refractivity contribution < 1.29 is 4.79 Å². The first kappa shape index (κ1) is 12.3. The fourth-order valence-electron chi connectivity index (χ4n) is 2.01. The summed E-state index contributed by atoms with van der Waals surface area (Å²) in [5, 5.41) is 6.03. The van der Waals surface area contributed by atoms with Crippen LogP contribution in [-0.2, 0) is 0 Å². The molecule has 2 aromatic rings. The number of benzene rings is 1. The van der Waals surface area contributed by atoms with Crippen molar-refractivity contribution >= 4 is 17.4 Å². The molecule has 1 amide bonds. The Balaban J connectivity index is 1.72. The molecule has 0 bridgehead atoms. The van der Waals surface area contributed by atoms with Gasteiger partial charge >= 0.3 is 0 Å². The third-order valence-electron chi connectivity index (χ3n) is 3.03. The van der Waals surface area contributed by atoms with Crippen LogP contribution in [0.3, 0.4) is 0 Å². The lowest BCUT2D eigenvalue weighted by Crippen LogP contribution is -2.19. The van der Waals surface area contributed by atoms with Crippen LogP contribution >= 0.6 is 0 Å². The number of carbonyl (C=O) groups is 1. The summed E-state index contributed by atoms with van der Waals surface area (Å²) in [4.78, 5) is 20.3. The fraction of sp³-hybridized carbons (Fsp3) is 0.133. The van der Waals surface area contributed by atoms with Crippen molar-refractivity contribution in [3.05, 3.63) is 59.9 Å². The van der Waals surface area contributed by atoms with E-state index in [1.54, 1.807) is 36.7 Å². The predicted octanol–water partition coefficient (Wildman–Crippen LogP) is 1.68. The summed E-state index contributed by atoms with van der Waals surface area (Å²) in [6, 6.07) is 10.9.